The smallest absolute Gasteiger partial charge is 0.360 e. The minimum atomic E-state index is -4.67. The highest BCUT2D eigenvalue weighted by atomic mass is 35.5. The third kappa shape index (κ3) is 4.30. The topological polar surface area (TPSA) is 63.6 Å². The molecule has 0 aliphatic heterocycles. The van der Waals surface area contributed by atoms with Crippen molar-refractivity contribution in [1.29, 1.82) is 0 Å². The van der Waals surface area contributed by atoms with Crippen molar-refractivity contribution in [1.82, 2.24) is 19.9 Å². The normalized spacial score (nSPS) is 11.5. The van der Waals surface area contributed by atoms with Crippen LogP contribution in [0.5, 0.6) is 0 Å². The summed E-state index contributed by atoms with van der Waals surface area (Å²) in [7, 11) is 0. The molecule has 3 rings (SSSR count). The van der Waals surface area contributed by atoms with Gasteiger partial charge in [-0.3, -0.25) is 4.98 Å². The molecule has 1 N–H and O–H groups in total. The molecular formula is C16H8ClF6N5. The summed E-state index contributed by atoms with van der Waals surface area (Å²) in [6.07, 6.45) is -0.826. The summed E-state index contributed by atoms with van der Waals surface area (Å²) in [5, 5.41) is 1.37. The van der Waals surface area contributed by atoms with E-state index in [1.165, 1.54) is 18.6 Å². The van der Waals surface area contributed by atoms with Gasteiger partial charge >= 0.3 is 6.18 Å². The van der Waals surface area contributed by atoms with E-state index in [0.29, 0.717) is 12.1 Å². The van der Waals surface area contributed by atoms with Crippen LogP contribution < -0.4 is 5.32 Å². The fourth-order valence-corrected chi connectivity index (χ4v) is 2.54. The number of rotatable bonds is 4. The van der Waals surface area contributed by atoms with E-state index < -0.39 is 52.3 Å². The van der Waals surface area contributed by atoms with Gasteiger partial charge in [0.2, 0.25) is 0 Å². The second-order valence-electron chi connectivity index (χ2n) is 5.37. The van der Waals surface area contributed by atoms with Gasteiger partial charge in [0.1, 0.15) is 40.7 Å². The molecule has 0 fully saturated rings. The van der Waals surface area contributed by atoms with Gasteiger partial charge in [-0.1, -0.05) is 11.6 Å². The maximum absolute atomic E-state index is 14.2. The lowest BCUT2D eigenvalue weighted by Gasteiger charge is -2.16. The Morgan fingerprint density at radius 2 is 1.64 bits per heavy atom. The number of hydrogen-bond acceptors (Lipinski definition) is 5. The molecule has 0 bridgehead atoms. The number of hydrogen-bond donors (Lipinski definition) is 1. The molecule has 12 heteroatoms. The van der Waals surface area contributed by atoms with Crippen LogP contribution in [0.3, 0.4) is 0 Å². The van der Waals surface area contributed by atoms with Crippen molar-refractivity contribution in [3.63, 3.8) is 0 Å². The number of benzene rings is 1. The zero-order chi connectivity index (χ0) is 20.5. The SMILES string of the molecule is Fc1cc(F)c(-c2c(Cl)nc(-c3cnccn3)nc2NCC(F)(F)F)c(F)c1. The average Bonchev–Trinajstić information content (AvgIpc) is 2.60. The first-order valence-electron chi connectivity index (χ1n) is 7.45. The Bertz CT molecular complexity index is 989. The van der Waals surface area contributed by atoms with Crippen molar-refractivity contribution in [3.05, 3.63) is 53.3 Å². The summed E-state index contributed by atoms with van der Waals surface area (Å²) in [4.78, 5) is 15.4. The molecule has 3 aromatic rings. The first-order chi connectivity index (χ1) is 13.2. The Kier molecular flexibility index (Phi) is 5.36. The maximum atomic E-state index is 14.2. The summed E-state index contributed by atoms with van der Waals surface area (Å²) in [5.41, 5.74) is -1.40. The highest BCUT2D eigenvalue weighted by Gasteiger charge is 2.29. The monoisotopic (exact) mass is 419 g/mol. The first kappa shape index (κ1) is 19.8. The molecule has 0 aliphatic carbocycles. The largest absolute Gasteiger partial charge is 0.405 e. The van der Waals surface area contributed by atoms with Crippen LogP contribution in [0.15, 0.2) is 30.7 Å². The molecule has 0 amide bonds. The Morgan fingerprint density at radius 1 is 0.964 bits per heavy atom. The van der Waals surface area contributed by atoms with Gasteiger partial charge in [0, 0.05) is 24.5 Å². The van der Waals surface area contributed by atoms with Gasteiger partial charge in [0.15, 0.2) is 5.82 Å². The van der Waals surface area contributed by atoms with Crippen molar-refractivity contribution in [2.75, 3.05) is 11.9 Å². The molecule has 2 aromatic heterocycles. The van der Waals surface area contributed by atoms with Crippen LogP contribution >= 0.6 is 11.6 Å². The molecule has 0 unspecified atom stereocenters. The van der Waals surface area contributed by atoms with E-state index >= 15 is 0 Å². The van der Waals surface area contributed by atoms with Crippen LogP contribution in [0.25, 0.3) is 22.6 Å². The highest BCUT2D eigenvalue weighted by molar-refractivity contribution is 6.32. The summed E-state index contributed by atoms with van der Waals surface area (Å²) >= 11 is 6.01. The lowest BCUT2D eigenvalue weighted by molar-refractivity contribution is -0.115. The van der Waals surface area contributed by atoms with Gasteiger partial charge in [-0.05, 0) is 0 Å². The van der Waals surface area contributed by atoms with Crippen molar-refractivity contribution < 1.29 is 26.3 Å². The van der Waals surface area contributed by atoms with Crippen molar-refractivity contribution in [2.45, 2.75) is 6.18 Å². The van der Waals surface area contributed by atoms with Crippen molar-refractivity contribution >= 4 is 17.4 Å². The standard InChI is InChI=1S/C16H8ClF6N5/c17-13-12(11-8(19)3-7(18)4-9(11)20)15(26-6-16(21,22)23)28-14(27-13)10-5-24-1-2-25-10/h1-5H,6H2,(H,26,27,28). The average molecular weight is 420 g/mol. The first-order valence-corrected chi connectivity index (χ1v) is 7.83. The number of anilines is 1. The molecular weight excluding hydrogens is 412 g/mol. The van der Waals surface area contributed by atoms with Crippen LogP contribution in [-0.4, -0.2) is 32.7 Å². The Labute approximate surface area is 158 Å². The third-order valence-electron chi connectivity index (χ3n) is 3.37. The van der Waals surface area contributed by atoms with Gasteiger partial charge in [-0.25, -0.2) is 28.1 Å². The van der Waals surface area contributed by atoms with Gasteiger partial charge in [0.25, 0.3) is 0 Å². The molecule has 146 valence electrons. The lowest BCUT2D eigenvalue weighted by Crippen LogP contribution is -2.22. The van der Waals surface area contributed by atoms with E-state index in [1.54, 1.807) is 0 Å². The molecule has 0 spiro atoms. The van der Waals surface area contributed by atoms with Crippen molar-refractivity contribution in [2.24, 2.45) is 0 Å². The second kappa shape index (κ2) is 7.58. The minimum absolute atomic E-state index is 0.0612. The molecule has 2 heterocycles. The fraction of sp³-hybridized carbons (Fsp3) is 0.125. The second-order valence-corrected chi connectivity index (χ2v) is 5.72. The quantitative estimate of drug-likeness (QED) is 0.493. The minimum Gasteiger partial charge on any atom is -0.360 e. The van der Waals surface area contributed by atoms with E-state index in [4.69, 9.17) is 11.6 Å². The zero-order valence-electron chi connectivity index (χ0n) is 13.5. The van der Waals surface area contributed by atoms with E-state index in [9.17, 15) is 26.3 Å². The summed E-state index contributed by atoms with van der Waals surface area (Å²) < 4.78 is 79.5. The zero-order valence-corrected chi connectivity index (χ0v) is 14.3. The third-order valence-corrected chi connectivity index (χ3v) is 3.64. The Hall–Kier alpha value is -2.95. The predicted octanol–water partition coefficient (Wildman–Crippen LogP) is 4.65. The van der Waals surface area contributed by atoms with Crippen LogP contribution in [0, 0.1) is 17.5 Å². The van der Waals surface area contributed by atoms with Crippen LogP contribution in [-0.2, 0) is 0 Å². The van der Waals surface area contributed by atoms with Gasteiger partial charge in [-0.15, -0.1) is 0 Å². The molecule has 28 heavy (non-hydrogen) atoms. The molecule has 5 nitrogen and oxygen atoms in total. The fourth-order valence-electron chi connectivity index (χ4n) is 2.28. The van der Waals surface area contributed by atoms with Gasteiger partial charge in [0.05, 0.1) is 17.3 Å². The highest BCUT2D eigenvalue weighted by Crippen LogP contribution is 2.38. The van der Waals surface area contributed by atoms with Crippen LogP contribution in [0.2, 0.25) is 5.15 Å². The van der Waals surface area contributed by atoms with Gasteiger partial charge < -0.3 is 5.32 Å². The molecule has 0 atom stereocenters. The molecule has 0 aliphatic rings. The molecule has 0 saturated heterocycles. The summed E-state index contributed by atoms with van der Waals surface area (Å²) in [6.45, 7) is -1.57. The predicted molar refractivity (Wildman–Crippen MR) is 87.9 cm³/mol. The number of nitrogens with zero attached hydrogens (tertiary/aromatic N) is 4. The molecule has 0 saturated carbocycles. The number of nitrogens with one attached hydrogen (secondary N) is 1. The van der Waals surface area contributed by atoms with E-state index in [-0.39, 0.29) is 11.5 Å². The number of halogens is 7. The molecule has 1 aromatic carbocycles. The van der Waals surface area contributed by atoms with E-state index in [1.807, 2.05) is 5.32 Å². The summed E-state index contributed by atoms with van der Waals surface area (Å²) in [6, 6.07) is 0.720. The number of alkyl halides is 3. The van der Waals surface area contributed by atoms with Gasteiger partial charge in [-0.2, -0.15) is 13.2 Å². The molecule has 0 radical (unpaired) electrons. The summed E-state index contributed by atoms with van der Waals surface area (Å²) in [5.74, 6) is -4.82. The van der Waals surface area contributed by atoms with E-state index in [0.717, 1.165) is 0 Å². The van der Waals surface area contributed by atoms with E-state index in [2.05, 4.69) is 19.9 Å². The maximum Gasteiger partial charge on any atom is 0.405 e. The van der Waals surface area contributed by atoms with Crippen LogP contribution in [0.4, 0.5) is 32.2 Å². The number of aromatic nitrogens is 4. The lowest BCUT2D eigenvalue weighted by atomic mass is 10.1. The van der Waals surface area contributed by atoms with Crippen molar-refractivity contribution in [3.8, 4) is 22.6 Å². The Morgan fingerprint density at radius 3 is 2.21 bits per heavy atom. The van der Waals surface area contributed by atoms with Crippen LogP contribution in [0.1, 0.15) is 0 Å². The Balaban J connectivity index is 2.21.